The Morgan fingerprint density at radius 2 is 2.06 bits per heavy atom. The van der Waals surface area contributed by atoms with Crippen LogP contribution in [0.25, 0.3) is 0 Å². The second kappa shape index (κ2) is 6.79. The van der Waals surface area contributed by atoms with Crippen LogP contribution in [0.4, 0.5) is 0 Å². The Hall–Kier alpha value is -0.840. The van der Waals surface area contributed by atoms with Crippen molar-refractivity contribution in [1.29, 1.82) is 0 Å². The molecule has 1 saturated heterocycles. The maximum absolute atomic E-state index is 12.0. The maximum atomic E-state index is 12.0. The van der Waals surface area contributed by atoms with E-state index in [0.717, 1.165) is 18.8 Å². The van der Waals surface area contributed by atoms with Crippen molar-refractivity contribution in [2.45, 2.75) is 13.0 Å². The number of carbonyl (C=O) groups is 1. The zero-order chi connectivity index (χ0) is 10.8. The largest absolute Gasteiger partial charge is 0.335 e. The second-order valence-electron chi connectivity index (χ2n) is 3.89. The molecule has 4 nitrogen and oxygen atoms in total. The molecule has 6 heteroatoms. The van der Waals surface area contributed by atoms with Gasteiger partial charge in [0.25, 0.3) is 5.91 Å². The molecule has 0 bridgehead atoms. The summed E-state index contributed by atoms with van der Waals surface area (Å²) in [6, 6.07) is 5.84. The zero-order valence-electron chi connectivity index (χ0n) is 9.84. The fourth-order valence-electron chi connectivity index (χ4n) is 1.56. The van der Waals surface area contributed by atoms with Gasteiger partial charge in [0.2, 0.25) is 0 Å². The molecule has 0 unspecified atom stereocenters. The molecule has 96 valence electrons. The predicted octanol–water partition coefficient (Wildman–Crippen LogP) is 1.28. The molecule has 1 aliphatic rings. The van der Waals surface area contributed by atoms with Gasteiger partial charge in [0.05, 0.1) is 6.04 Å². The van der Waals surface area contributed by atoms with Gasteiger partial charge in [-0.25, -0.2) is 4.98 Å². The molecule has 2 heterocycles. The lowest BCUT2D eigenvalue weighted by Gasteiger charge is -2.35. The van der Waals surface area contributed by atoms with Gasteiger partial charge in [0.1, 0.15) is 5.69 Å². The smallest absolute Gasteiger partial charge is 0.272 e. The summed E-state index contributed by atoms with van der Waals surface area (Å²) < 4.78 is 0. The number of rotatable bonds is 2. The monoisotopic (exact) mass is 277 g/mol. The van der Waals surface area contributed by atoms with Crippen LogP contribution < -0.4 is 5.32 Å². The maximum Gasteiger partial charge on any atom is 0.272 e. The van der Waals surface area contributed by atoms with Crippen molar-refractivity contribution in [3.63, 3.8) is 0 Å². The number of nitrogens with zero attached hydrogens (tertiary/aromatic N) is 2. The summed E-state index contributed by atoms with van der Waals surface area (Å²) in [6.07, 6.45) is 0. The molecule has 0 saturated carbocycles. The van der Waals surface area contributed by atoms with E-state index in [-0.39, 0.29) is 30.7 Å². The highest BCUT2D eigenvalue weighted by Crippen LogP contribution is 2.08. The molecule has 1 N–H and O–H groups in total. The van der Waals surface area contributed by atoms with E-state index in [2.05, 4.69) is 10.3 Å². The molecule has 1 amide bonds. The molecule has 1 fully saturated rings. The number of aryl methyl sites for hydroxylation is 1. The summed E-state index contributed by atoms with van der Waals surface area (Å²) in [5.41, 5.74) is 1.41. The Balaban J connectivity index is 0.00000128. The van der Waals surface area contributed by atoms with Gasteiger partial charge in [0, 0.05) is 25.8 Å². The van der Waals surface area contributed by atoms with Crippen LogP contribution in [0, 0.1) is 6.92 Å². The number of carbonyl (C=O) groups excluding carboxylic acids is 1. The number of likely N-dealkylation sites (N-methyl/N-ethyl adjacent to an activating group) is 1. The molecule has 0 atom stereocenters. The van der Waals surface area contributed by atoms with Crippen LogP contribution in [-0.2, 0) is 0 Å². The van der Waals surface area contributed by atoms with Crippen LogP contribution >= 0.6 is 24.8 Å². The lowest BCUT2D eigenvalue weighted by Crippen LogP contribution is -2.57. The first-order valence-corrected chi connectivity index (χ1v) is 5.10. The Morgan fingerprint density at radius 3 is 2.53 bits per heavy atom. The molecule has 1 aromatic heterocycles. The van der Waals surface area contributed by atoms with Crippen LogP contribution in [0.5, 0.6) is 0 Å². The quantitative estimate of drug-likeness (QED) is 0.886. The van der Waals surface area contributed by atoms with E-state index < -0.39 is 0 Å². The number of nitrogens with one attached hydrogen (secondary N) is 1. The third-order valence-corrected chi connectivity index (χ3v) is 2.74. The molecule has 0 aliphatic carbocycles. The van der Waals surface area contributed by atoms with Gasteiger partial charge in [-0.2, -0.15) is 0 Å². The Bertz CT molecular complexity index is 383. The first kappa shape index (κ1) is 16.2. The van der Waals surface area contributed by atoms with Gasteiger partial charge < -0.3 is 10.2 Å². The minimum atomic E-state index is 0. The van der Waals surface area contributed by atoms with Crippen molar-refractivity contribution in [2.24, 2.45) is 0 Å². The molecular weight excluding hydrogens is 261 g/mol. The zero-order valence-corrected chi connectivity index (χ0v) is 11.5. The third kappa shape index (κ3) is 3.56. The van der Waals surface area contributed by atoms with E-state index in [1.807, 2.05) is 26.1 Å². The van der Waals surface area contributed by atoms with Crippen molar-refractivity contribution in [2.75, 3.05) is 20.1 Å². The van der Waals surface area contributed by atoms with E-state index >= 15 is 0 Å². The molecule has 17 heavy (non-hydrogen) atoms. The van der Waals surface area contributed by atoms with Crippen LogP contribution in [0.3, 0.4) is 0 Å². The van der Waals surface area contributed by atoms with Gasteiger partial charge in [0.15, 0.2) is 0 Å². The van der Waals surface area contributed by atoms with Gasteiger partial charge in [-0.1, -0.05) is 6.07 Å². The average molecular weight is 278 g/mol. The first-order valence-electron chi connectivity index (χ1n) is 5.10. The minimum Gasteiger partial charge on any atom is -0.335 e. The summed E-state index contributed by atoms with van der Waals surface area (Å²) in [5, 5.41) is 3.15. The van der Waals surface area contributed by atoms with Gasteiger partial charge >= 0.3 is 0 Å². The highest BCUT2D eigenvalue weighted by Gasteiger charge is 2.26. The van der Waals surface area contributed by atoms with Crippen molar-refractivity contribution in [3.8, 4) is 0 Å². The summed E-state index contributed by atoms with van der Waals surface area (Å²) >= 11 is 0. The number of aromatic nitrogens is 1. The van der Waals surface area contributed by atoms with Crippen molar-refractivity contribution < 1.29 is 4.79 Å². The number of amides is 1. The highest BCUT2D eigenvalue weighted by atomic mass is 35.5. The van der Waals surface area contributed by atoms with Gasteiger partial charge in [-0.15, -0.1) is 24.8 Å². The number of halogens is 2. The number of hydrogen-bond acceptors (Lipinski definition) is 3. The van der Waals surface area contributed by atoms with E-state index in [1.54, 1.807) is 11.0 Å². The number of hydrogen-bond donors (Lipinski definition) is 1. The van der Waals surface area contributed by atoms with E-state index in [0.29, 0.717) is 11.7 Å². The van der Waals surface area contributed by atoms with Crippen molar-refractivity contribution in [1.82, 2.24) is 15.2 Å². The van der Waals surface area contributed by atoms with E-state index in [1.165, 1.54) is 0 Å². The van der Waals surface area contributed by atoms with Crippen LogP contribution in [0.15, 0.2) is 18.2 Å². The lowest BCUT2D eigenvalue weighted by atomic mass is 10.1. The average Bonchev–Trinajstić information content (AvgIpc) is 2.14. The summed E-state index contributed by atoms with van der Waals surface area (Å²) in [4.78, 5) is 18.0. The predicted molar refractivity (Wildman–Crippen MR) is 72.2 cm³/mol. The topological polar surface area (TPSA) is 45.2 Å². The molecule has 1 aliphatic heterocycles. The molecule has 1 aromatic rings. The standard InChI is InChI=1S/C11H15N3O.2ClH/c1-8-4-3-5-10(13-8)11(15)14(2)9-6-12-7-9;;/h3-5,9,12H,6-7H2,1-2H3;2*1H. The Morgan fingerprint density at radius 1 is 1.41 bits per heavy atom. The molecule has 0 aromatic carbocycles. The molecular formula is C11H17Cl2N3O. The summed E-state index contributed by atoms with van der Waals surface area (Å²) in [6.45, 7) is 3.66. The normalized spacial score (nSPS) is 14.0. The van der Waals surface area contributed by atoms with Crippen LogP contribution in [0.1, 0.15) is 16.2 Å². The van der Waals surface area contributed by atoms with Crippen LogP contribution in [0.2, 0.25) is 0 Å². The molecule has 0 radical (unpaired) electrons. The van der Waals surface area contributed by atoms with Gasteiger partial charge in [-0.05, 0) is 19.1 Å². The van der Waals surface area contributed by atoms with Crippen molar-refractivity contribution in [3.05, 3.63) is 29.6 Å². The summed E-state index contributed by atoms with van der Waals surface area (Å²) in [7, 11) is 1.83. The van der Waals surface area contributed by atoms with Crippen LogP contribution in [-0.4, -0.2) is 42.0 Å². The fraction of sp³-hybridized carbons (Fsp3) is 0.455. The first-order chi connectivity index (χ1) is 7.18. The second-order valence-corrected chi connectivity index (χ2v) is 3.89. The van der Waals surface area contributed by atoms with Crippen molar-refractivity contribution >= 4 is 30.7 Å². The Kier molecular flexibility index (Phi) is 6.45. The minimum absolute atomic E-state index is 0. The molecule has 0 spiro atoms. The van der Waals surface area contributed by atoms with E-state index in [4.69, 9.17) is 0 Å². The highest BCUT2D eigenvalue weighted by molar-refractivity contribution is 5.92. The SMILES string of the molecule is Cc1cccc(C(=O)N(C)C2CNC2)n1.Cl.Cl. The fourth-order valence-corrected chi connectivity index (χ4v) is 1.56. The van der Waals surface area contributed by atoms with Gasteiger partial charge in [-0.3, -0.25) is 4.79 Å². The molecule has 2 rings (SSSR count). The Labute approximate surface area is 114 Å². The summed E-state index contributed by atoms with van der Waals surface area (Å²) in [5.74, 6) is 0.00481. The van der Waals surface area contributed by atoms with E-state index in [9.17, 15) is 4.79 Å². The number of pyridine rings is 1. The lowest BCUT2D eigenvalue weighted by molar-refractivity contribution is 0.0675. The third-order valence-electron chi connectivity index (χ3n) is 2.74.